The summed E-state index contributed by atoms with van der Waals surface area (Å²) in [7, 11) is -4.08. The van der Waals surface area contributed by atoms with E-state index in [-0.39, 0.29) is 36.2 Å². The van der Waals surface area contributed by atoms with E-state index in [0.29, 0.717) is 18.8 Å². The molecule has 1 fully saturated rings. The first kappa shape index (κ1) is 19.4. The zero-order chi connectivity index (χ0) is 19.6. The van der Waals surface area contributed by atoms with Crippen LogP contribution in [0.5, 0.6) is 0 Å². The molecule has 27 heavy (non-hydrogen) atoms. The first-order valence-corrected chi connectivity index (χ1v) is 10.1. The smallest absolute Gasteiger partial charge is 0.250 e. The minimum Gasteiger partial charge on any atom is -0.337 e. The second-order valence-electron chi connectivity index (χ2n) is 6.28. The molecule has 2 aromatic rings. The van der Waals surface area contributed by atoms with E-state index in [2.05, 4.69) is 10.1 Å². The van der Waals surface area contributed by atoms with Crippen LogP contribution in [0.1, 0.15) is 37.5 Å². The van der Waals surface area contributed by atoms with E-state index in [0.717, 1.165) is 6.07 Å². The molecule has 0 bridgehead atoms. The summed E-state index contributed by atoms with van der Waals surface area (Å²) in [5.41, 5.74) is 0. The molecule has 1 aromatic heterocycles. The minimum atomic E-state index is -4.08. The highest BCUT2D eigenvalue weighted by Crippen LogP contribution is 2.29. The van der Waals surface area contributed by atoms with Gasteiger partial charge in [0.2, 0.25) is 15.9 Å². The molecule has 1 amide bonds. The van der Waals surface area contributed by atoms with Gasteiger partial charge in [-0.1, -0.05) is 24.2 Å². The molecular weight excluding hydrogens is 375 g/mol. The van der Waals surface area contributed by atoms with Crippen molar-refractivity contribution in [2.24, 2.45) is 0 Å². The van der Waals surface area contributed by atoms with Crippen molar-refractivity contribution in [3.63, 3.8) is 0 Å². The Balaban J connectivity index is 1.99. The van der Waals surface area contributed by atoms with E-state index in [9.17, 15) is 17.6 Å². The van der Waals surface area contributed by atoms with Crippen LogP contribution in [-0.2, 0) is 14.8 Å². The first-order chi connectivity index (χ1) is 12.8. The number of carbonyl (C=O) groups is 1. The summed E-state index contributed by atoms with van der Waals surface area (Å²) in [4.78, 5) is 17.8. The van der Waals surface area contributed by atoms with Gasteiger partial charge < -0.3 is 9.42 Å². The van der Waals surface area contributed by atoms with Crippen molar-refractivity contribution in [2.45, 2.75) is 37.6 Å². The monoisotopic (exact) mass is 396 g/mol. The molecule has 0 radical (unpaired) electrons. The molecule has 2 heterocycles. The second kappa shape index (κ2) is 7.73. The van der Waals surface area contributed by atoms with Gasteiger partial charge in [0.1, 0.15) is 16.8 Å². The highest BCUT2D eigenvalue weighted by atomic mass is 32.2. The summed E-state index contributed by atoms with van der Waals surface area (Å²) in [6, 6.07) is 4.53. The number of amides is 1. The van der Waals surface area contributed by atoms with Gasteiger partial charge in [0.05, 0.1) is 0 Å². The summed E-state index contributed by atoms with van der Waals surface area (Å²) in [6.45, 7) is 3.81. The average molecular weight is 396 g/mol. The normalized spacial score (nSPS) is 19.1. The minimum absolute atomic E-state index is 0.0793. The van der Waals surface area contributed by atoms with E-state index >= 15 is 0 Å². The quantitative estimate of drug-likeness (QED) is 0.783. The Morgan fingerprint density at radius 2 is 2.07 bits per heavy atom. The number of nitrogens with zero attached hydrogens (tertiary/aromatic N) is 4. The molecule has 3 rings (SSSR count). The maximum atomic E-state index is 14.1. The van der Waals surface area contributed by atoms with Gasteiger partial charge in [-0.05, 0) is 25.5 Å². The van der Waals surface area contributed by atoms with Crippen molar-refractivity contribution in [3.8, 4) is 0 Å². The summed E-state index contributed by atoms with van der Waals surface area (Å²) in [5.74, 6) is -0.388. The van der Waals surface area contributed by atoms with E-state index in [1.165, 1.54) is 22.5 Å². The van der Waals surface area contributed by atoms with Gasteiger partial charge in [0, 0.05) is 26.1 Å². The molecule has 0 aliphatic carbocycles. The maximum absolute atomic E-state index is 14.1. The van der Waals surface area contributed by atoms with Gasteiger partial charge >= 0.3 is 0 Å². The van der Waals surface area contributed by atoms with Crippen LogP contribution in [0.2, 0.25) is 0 Å². The van der Waals surface area contributed by atoms with Gasteiger partial charge in [0.25, 0.3) is 5.89 Å². The average Bonchev–Trinajstić information content (AvgIpc) is 2.94. The van der Waals surface area contributed by atoms with E-state index in [4.69, 9.17) is 4.52 Å². The number of hydrogen-bond acceptors (Lipinski definition) is 6. The molecular formula is C17H21FN4O4S. The summed E-state index contributed by atoms with van der Waals surface area (Å²) in [6.07, 6.45) is 0.687. The van der Waals surface area contributed by atoms with Gasteiger partial charge in [-0.3, -0.25) is 4.79 Å². The van der Waals surface area contributed by atoms with Crippen LogP contribution >= 0.6 is 0 Å². The largest absolute Gasteiger partial charge is 0.337 e. The lowest BCUT2D eigenvalue weighted by atomic mass is 10.2. The second-order valence-corrected chi connectivity index (χ2v) is 8.19. The molecule has 0 saturated carbocycles. The van der Waals surface area contributed by atoms with E-state index in [1.807, 2.05) is 0 Å². The number of hydrogen-bond donors (Lipinski definition) is 0. The van der Waals surface area contributed by atoms with Crippen molar-refractivity contribution in [1.29, 1.82) is 0 Å². The number of aryl methyl sites for hydroxylation is 1. The third kappa shape index (κ3) is 3.86. The van der Waals surface area contributed by atoms with Crippen molar-refractivity contribution in [2.75, 3.05) is 19.6 Å². The molecule has 146 valence electrons. The fourth-order valence-corrected chi connectivity index (χ4v) is 4.68. The third-order valence-electron chi connectivity index (χ3n) is 4.46. The fraction of sp³-hybridized carbons (Fsp3) is 0.471. The number of benzene rings is 1. The van der Waals surface area contributed by atoms with Crippen LogP contribution < -0.4 is 0 Å². The van der Waals surface area contributed by atoms with Crippen LogP contribution in [0, 0.1) is 12.7 Å². The van der Waals surface area contributed by atoms with E-state index in [1.54, 1.807) is 18.7 Å². The Bertz CT molecular complexity index is 931. The zero-order valence-electron chi connectivity index (χ0n) is 15.1. The van der Waals surface area contributed by atoms with Gasteiger partial charge in [-0.2, -0.15) is 9.29 Å². The lowest BCUT2D eigenvalue weighted by Gasteiger charge is -2.28. The standard InChI is InChI=1S/C17H21FN4O4S/c1-3-16(23)22-10-6-9-21(11-14(22)17-19-12(2)20-26-17)27(24,25)15-8-5-4-7-13(15)18/h4-5,7-8,14H,3,6,9-11H2,1-2H3. The summed E-state index contributed by atoms with van der Waals surface area (Å²) in [5, 5.41) is 3.75. The van der Waals surface area contributed by atoms with E-state index < -0.39 is 21.9 Å². The van der Waals surface area contributed by atoms with Crippen molar-refractivity contribution in [3.05, 3.63) is 41.8 Å². The van der Waals surface area contributed by atoms with Gasteiger partial charge in [-0.25, -0.2) is 12.8 Å². The molecule has 1 aliphatic rings. The molecule has 8 nitrogen and oxygen atoms in total. The Kier molecular flexibility index (Phi) is 5.56. The van der Waals surface area contributed by atoms with Crippen LogP contribution in [-0.4, -0.2) is 53.3 Å². The van der Waals surface area contributed by atoms with Crippen molar-refractivity contribution >= 4 is 15.9 Å². The Morgan fingerprint density at radius 3 is 2.70 bits per heavy atom. The molecule has 1 atom stereocenters. The van der Waals surface area contributed by atoms with Crippen molar-refractivity contribution < 1.29 is 22.1 Å². The highest BCUT2D eigenvalue weighted by molar-refractivity contribution is 7.89. The Labute approximate surface area is 157 Å². The van der Waals surface area contributed by atoms with Crippen LogP contribution in [0.3, 0.4) is 0 Å². The molecule has 0 N–H and O–H groups in total. The lowest BCUT2D eigenvalue weighted by Crippen LogP contribution is -2.40. The number of carbonyl (C=O) groups excluding carboxylic acids is 1. The fourth-order valence-electron chi connectivity index (χ4n) is 3.13. The molecule has 1 unspecified atom stereocenters. The maximum Gasteiger partial charge on any atom is 0.250 e. The van der Waals surface area contributed by atoms with Gasteiger partial charge in [0.15, 0.2) is 5.82 Å². The third-order valence-corrected chi connectivity index (χ3v) is 6.36. The number of sulfonamides is 1. The molecule has 1 aliphatic heterocycles. The zero-order valence-corrected chi connectivity index (χ0v) is 15.9. The van der Waals surface area contributed by atoms with Gasteiger partial charge in [-0.15, -0.1) is 0 Å². The Morgan fingerprint density at radius 1 is 1.33 bits per heavy atom. The summed E-state index contributed by atoms with van der Waals surface area (Å²) < 4.78 is 46.5. The molecule has 10 heteroatoms. The van der Waals surface area contributed by atoms with Crippen molar-refractivity contribution in [1.82, 2.24) is 19.3 Å². The topological polar surface area (TPSA) is 96.6 Å². The highest BCUT2D eigenvalue weighted by Gasteiger charge is 2.38. The molecule has 1 saturated heterocycles. The summed E-state index contributed by atoms with van der Waals surface area (Å²) >= 11 is 0. The molecule has 0 spiro atoms. The Hall–Kier alpha value is -2.33. The predicted octanol–water partition coefficient (Wildman–Crippen LogP) is 1.89. The SMILES string of the molecule is CCC(=O)N1CCCN(S(=O)(=O)c2ccccc2F)CC1c1nc(C)no1. The first-order valence-electron chi connectivity index (χ1n) is 8.69. The van der Waals surface area contributed by atoms with Crippen LogP contribution in [0.15, 0.2) is 33.7 Å². The number of rotatable bonds is 4. The van der Waals surface area contributed by atoms with Crippen LogP contribution in [0.4, 0.5) is 4.39 Å². The predicted molar refractivity (Wildman–Crippen MR) is 93.6 cm³/mol. The number of halogens is 1. The lowest BCUT2D eigenvalue weighted by molar-refractivity contribution is -0.133. The number of aromatic nitrogens is 2. The molecule has 1 aromatic carbocycles. The van der Waals surface area contributed by atoms with Crippen LogP contribution in [0.25, 0.3) is 0 Å².